The number of aromatic nitrogens is 2. The molecule has 1 aliphatic heterocycles. The van der Waals surface area contributed by atoms with Crippen LogP contribution in [0.15, 0.2) is 60.8 Å². The Morgan fingerprint density at radius 3 is 2.51 bits per heavy atom. The second-order valence-corrected chi connectivity index (χ2v) is 11.3. The van der Waals surface area contributed by atoms with Crippen molar-refractivity contribution in [3.63, 3.8) is 0 Å². The summed E-state index contributed by atoms with van der Waals surface area (Å²) in [4.78, 5) is 29.2. The first-order valence-corrected chi connectivity index (χ1v) is 13.9. The molecule has 1 fully saturated rings. The molecule has 2 aromatic carbocycles. The zero-order chi connectivity index (χ0) is 29.3. The Hall–Kier alpha value is -3.49. The van der Waals surface area contributed by atoms with E-state index in [1.54, 1.807) is 0 Å². The van der Waals surface area contributed by atoms with Crippen molar-refractivity contribution >= 4 is 34.1 Å². The Bertz CT molecular complexity index is 1590. The van der Waals surface area contributed by atoms with E-state index in [0.717, 1.165) is 28.6 Å². The minimum atomic E-state index is -2.94. The zero-order valence-corrected chi connectivity index (χ0v) is 23.6. The standard InChI is InChI=1S/C32H30ClF3N2O3/c1-32(2,36)29(40)10-4-20-14-25(30(31(34)35)37-17-20)28(39)15-19-3-9-26-22(13-19)16-27(21-5-7-23(33)8-6-21)38(26)24-11-12-41-18-24/h3,5-9,13-14,16-17,24,31H,4,10-12,15,18H2,1-2H3/t24-/m0/s1. The highest BCUT2D eigenvalue weighted by Gasteiger charge is 2.27. The maximum absolute atomic E-state index is 13.9. The van der Waals surface area contributed by atoms with Gasteiger partial charge in [-0.2, -0.15) is 0 Å². The van der Waals surface area contributed by atoms with Crippen LogP contribution in [0.25, 0.3) is 22.2 Å². The third-order valence-electron chi connectivity index (χ3n) is 7.46. The molecular weight excluding hydrogens is 553 g/mol. The molecule has 5 rings (SSSR count). The molecule has 3 heterocycles. The van der Waals surface area contributed by atoms with Crippen LogP contribution in [0.1, 0.15) is 66.3 Å². The third kappa shape index (κ3) is 6.39. The molecule has 0 bridgehead atoms. The second kappa shape index (κ2) is 11.8. The number of rotatable bonds is 10. The summed E-state index contributed by atoms with van der Waals surface area (Å²) >= 11 is 6.11. The number of hydrogen-bond donors (Lipinski definition) is 0. The smallest absolute Gasteiger partial charge is 0.281 e. The van der Waals surface area contributed by atoms with Gasteiger partial charge in [-0.05, 0) is 79.8 Å². The van der Waals surface area contributed by atoms with Crippen molar-refractivity contribution in [1.82, 2.24) is 9.55 Å². The number of pyridine rings is 1. The highest BCUT2D eigenvalue weighted by atomic mass is 35.5. The number of halogens is 4. The number of fused-ring (bicyclic) bond motifs is 1. The van der Waals surface area contributed by atoms with Gasteiger partial charge in [0.15, 0.2) is 17.2 Å². The first-order chi connectivity index (χ1) is 19.5. The largest absolute Gasteiger partial charge is 0.379 e. The quantitative estimate of drug-likeness (QED) is 0.178. The number of ether oxygens (including phenoxy) is 1. The van der Waals surface area contributed by atoms with Crippen molar-refractivity contribution in [2.45, 2.75) is 57.7 Å². The number of hydrogen-bond acceptors (Lipinski definition) is 4. The maximum atomic E-state index is 13.9. The normalized spacial score (nSPS) is 15.6. The van der Waals surface area contributed by atoms with Crippen molar-refractivity contribution in [1.29, 1.82) is 0 Å². The molecule has 5 nitrogen and oxygen atoms in total. The Morgan fingerprint density at radius 2 is 1.85 bits per heavy atom. The van der Waals surface area contributed by atoms with Crippen molar-refractivity contribution in [2.75, 3.05) is 13.2 Å². The second-order valence-electron chi connectivity index (χ2n) is 10.9. The SMILES string of the molecule is CC(C)(F)C(=O)CCc1cnc(C(F)F)c(C(=O)Cc2ccc3c(c2)cc(-c2ccc(Cl)cc2)n3[C@H]2CCOC2)c1. The number of carbonyl (C=O) groups is 2. The van der Waals surface area contributed by atoms with Gasteiger partial charge < -0.3 is 9.30 Å². The van der Waals surface area contributed by atoms with Crippen LogP contribution in [-0.2, 0) is 22.4 Å². The van der Waals surface area contributed by atoms with Gasteiger partial charge in [0.1, 0.15) is 5.69 Å². The van der Waals surface area contributed by atoms with E-state index < -0.39 is 29.4 Å². The zero-order valence-electron chi connectivity index (χ0n) is 22.8. The van der Waals surface area contributed by atoms with Crippen LogP contribution in [0.2, 0.25) is 5.02 Å². The Morgan fingerprint density at radius 1 is 1.10 bits per heavy atom. The van der Waals surface area contributed by atoms with E-state index in [2.05, 4.69) is 15.6 Å². The molecule has 0 N–H and O–H groups in total. The molecule has 4 aromatic rings. The minimum absolute atomic E-state index is 0.0980. The van der Waals surface area contributed by atoms with Crippen molar-refractivity contribution < 1.29 is 27.5 Å². The fourth-order valence-corrected chi connectivity index (χ4v) is 5.37. The molecule has 0 radical (unpaired) electrons. The van der Waals surface area contributed by atoms with Gasteiger partial charge in [0.05, 0.1) is 12.6 Å². The van der Waals surface area contributed by atoms with Gasteiger partial charge >= 0.3 is 0 Å². The maximum Gasteiger partial charge on any atom is 0.281 e. The van der Waals surface area contributed by atoms with E-state index in [1.807, 2.05) is 42.5 Å². The van der Waals surface area contributed by atoms with Crippen LogP contribution < -0.4 is 0 Å². The molecule has 9 heteroatoms. The summed E-state index contributed by atoms with van der Waals surface area (Å²) in [5, 5.41) is 1.56. The average molecular weight is 583 g/mol. The van der Waals surface area contributed by atoms with Gasteiger partial charge in [-0.1, -0.05) is 29.8 Å². The van der Waals surface area contributed by atoms with Gasteiger partial charge in [0.25, 0.3) is 6.43 Å². The lowest BCUT2D eigenvalue weighted by Gasteiger charge is -2.17. The summed E-state index contributed by atoms with van der Waals surface area (Å²) in [6, 6.07) is 16.8. The Balaban J connectivity index is 1.45. The molecule has 0 saturated carbocycles. The van der Waals surface area contributed by atoms with Crippen LogP contribution in [-0.4, -0.2) is 40.0 Å². The molecular formula is C32H30ClF3N2O3. The van der Waals surface area contributed by atoms with E-state index in [-0.39, 0.29) is 30.9 Å². The molecule has 0 aliphatic carbocycles. The third-order valence-corrected chi connectivity index (χ3v) is 7.72. The number of nitrogens with zero attached hydrogens (tertiary/aromatic N) is 2. The molecule has 41 heavy (non-hydrogen) atoms. The topological polar surface area (TPSA) is 61.2 Å². The van der Waals surface area contributed by atoms with Crippen LogP contribution in [0, 0.1) is 0 Å². The molecule has 1 atom stereocenters. The molecule has 1 aliphatic rings. The minimum Gasteiger partial charge on any atom is -0.379 e. The lowest BCUT2D eigenvalue weighted by molar-refractivity contribution is -0.128. The molecule has 1 saturated heterocycles. The first kappa shape index (κ1) is 29.0. The lowest BCUT2D eigenvalue weighted by atomic mass is 9.96. The van der Waals surface area contributed by atoms with E-state index in [9.17, 15) is 22.8 Å². The fraction of sp³-hybridized carbons (Fsp3) is 0.344. The number of ketones is 2. The van der Waals surface area contributed by atoms with Crippen LogP contribution in [0.5, 0.6) is 0 Å². The molecule has 0 spiro atoms. The van der Waals surface area contributed by atoms with Crippen LogP contribution in [0.4, 0.5) is 13.2 Å². The van der Waals surface area contributed by atoms with E-state index >= 15 is 0 Å². The van der Waals surface area contributed by atoms with Crippen molar-refractivity contribution in [2.24, 2.45) is 0 Å². The van der Waals surface area contributed by atoms with E-state index in [1.165, 1.54) is 26.1 Å². The number of carbonyl (C=O) groups excluding carboxylic acids is 2. The number of Topliss-reactive ketones (excluding diaryl/α,β-unsaturated/α-hetero) is 2. The Kier molecular flexibility index (Phi) is 8.34. The van der Waals surface area contributed by atoms with Crippen LogP contribution >= 0.6 is 11.6 Å². The predicted molar refractivity (Wildman–Crippen MR) is 153 cm³/mol. The first-order valence-electron chi connectivity index (χ1n) is 13.5. The predicted octanol–water partition coefficient (Wildman–Crippen LogP) is 7.93. The van der Waals surface area contributed by atoms with Gasteiger partial charge in [-0.15, -0.1) is 0 Å². The Labute approximate surface area is 241 Å². The highest BCUT2D eigenvalue weighted by Crippen LogP contribution is 2.35. The van der Waals surface area contributed by atoms with Crippen molar-refractivity contribution in [3.05, 3.63) is 88.2 Å². The molecule has 214 valence electrons. The summed E-state index contributed by atoms with van der Waals surface area (Å²) in [6.45, 7) is 3.62. The van der Waals surface area contributed by atoms with Gasteiger partial charge in [0.2, 0.25) is 0 Å². The van der Waals surface area contributed by atoms with Crippen LogP contribution in [0.3, 0.4) is 0 Å². The van der Waals surface area contributed by atoms with Gasteiger partial charge in [0, 0.05) is 52.8 Å². The highest BCUT2D eigenvalue weighted by molar-refractivity contribution is 6.30. The molecule has 0 unspecified atom stereocenters. The summed E-state index contributed by atoms with van der Waals surface area (Å²) in [5.74, 6) is -1.11. The van der Waals surface area contributed by atoms with E-state index in [4.69, 9.17) is 16.3 Å². The fourth-order valence-electron chi connectivity index (χ4n) is 5.25. The number of aryl methyl sites for hydroxylation is 1. The molecule has 2 aromatic heterocycles. The summed E-state index contributed by atoms with van der Waals surface area (Å²) in [7, 11) is 0. The van der Waals surface area contributed by atoms with E-state index in [0.29, 0.717) is 29.4 Å². The monoisotopic (exact) mass is 582 g/mol. The van der Waals surface area contributed by atoms with Gasteiger partial charge in [-0.3, -0.25) is 14.6 Å². The van der Waals surface area contributed by atoms with Gasteiger partial charge in [-0.25, -0.2) is 13.2 Å². The van der Waals surface area contributed by atoms with Crippen molar-refractivity contribution in [3.8, 4) is 11.3 Å². The number of alkyl halides is 3. The summed E-state index contributed by atoms with van der Waals surface area (Å²) in [5.41, 5.74) is 1.29. The number of benzene rings is 2. The molecule has 0 amide bonds. The lowest BCUT2D eigenvalue weighted by Crippen LogP contribution is -2.26. The average Bonchev–Trinajstić information content (AvgIpc) is 3.59. The summed E-state index contributed by atoms with van der Waals surface area (Å²) < 4.78 is 49.4. The summed E-state index contributed by atoms with van der Waals surface area (Å²) in [6.07, 6.45) is -0.981.